The molecule has 1 heterocycles. The van der Waals surface area contributed by atoms with Crippen LogP contribution in [0.3, 0.4) is 0 Å². The second kappa shape index (κ2) is 17.4. The van der Waals surface area contributed by atoms with Crippen molar-refractivity contribution in [3.63, 3.8) is 0 Å². The van der Waals surface area contributed by atoms with Crippen LogP contribution < -0.4 is 31.4 Å². The van der Waals surface area contributed by atoms with Crippen molar-refractivity contribution in [1.29, 1.82) is 5.41 Å². The van der Waals surface area contributed by atoms with Crippen LogP contribution in [-0.4, -0.2) is 66.8 Å². The summed E-state index contributed by atoms with van der Waals surface area (Å²) in [4.78, 5) is 38.9. The van der Waals surface area contributed by atoms with Crippen LogP contribution in [0.1, 0.15) is 34.6 Å². The van der Waals surface area contributed by atoms with Gasteiger partial charge in [-0.25, -0.2) is 9.78 Å². The maximum absolute atomic E-state index is 13.3. The number of carboxylic acid groups (broad SMARTS) is 1. The summed E-state index contributed by atoms with van der Waals surface area (Å²) in [6.07, 6.45) is -3.61. The molecule has 3 rings (SSSR count). The van der Waals surface area contributed by atoms with Crippen molar-refractivity contribution < 1.29 is 46.9 Å². The largest absolute Gasteiger partial charge is 0.490 e. The third-order valence-corrected chi connectivity index (χ3v) is 6.07. The molecule has 0 bridgehead atoms. The number of hydrazine groups is 1. The highest BCUT2D eigenvalue weighted by Crippen LogP contribution is 2.32. The van der Waals surface area contributed by atoms with Crippen molar-refractivity contribution >= 4 is 45.2 Å². The van der Waals surface area contributed by atoms with E-state index >= 15 is 0 Å². The number of hydrogen-bond acceptors (Lipinski definition) is 9. The Morgan fingerprint density at radius 1 is 1.04 bits per heavy atom. The van der Waals surface area contributed by atoms with E-state index in [0.29, 0.717) is 52.6 Å². The molecule has 17 heteroatoms. The van der Waals surface area contributed by atoms with E-state index in [1.165, 1.54) is 6.20 Å². The minimum absolute atomic E-state index is 0.0698. The number of alkyl halides is 3. The number of carbonyl (C=O) groups excluding carboxylic acids is 2. The lowest BCUT2D eigenvalue weighted by molar-refractivity contribution is -0.192. The lowest BCUT2D eigenvalue weighted by atomic mass is 10.0. The van der Waals surface area contributed by atoms with Crippen molar-refractivity contribution in [1.82, 2.24) is 15.8 Å². The summed E-state index contributed by atoms with van der Waals surface area (Å²) in [5.41, 5.74) is 12.2. The molecule has 0 aliphatic carbocycles. The van der Waals surface area contributed by atoms with Gasteiger partial charge in [-0.15, -0.1) is 0 Å². The van der Waals surface area contributed by atoms with Gasteiger partial charge in [0.2, 0.25) is 0 Å². The molecule has 2 amide bonds. The van der Waals surface area contributed by atoms with Gasteiger partial charge in [0.25, 0.3) is 11.8 Å². The Kier molecular flexibility index (Phi) is 14.0. The van der Waals surface area contributed by atoms with Gasteiger partial charge in [0, 0.05) is 29.0 Å². The molecular weight excluding hydrogens is 669 g/mol. The quantitative estimate of drug-likeness (QED) is 0.0700. The number of nitrogens with one attached hydrogen (secondary N) is 4. The number of amidine groups is 1. The first kappa shape index (κ1) is 36.3. The summed E-state index contributed by atoms with van der Waals surface area (Å²) >= 11 is 3.28. The highest BCUT2D eigenvalue weighted by atomic mass is 79.9. The molecule has 1 unspecified atom stereocenters. The zero-order chi connectivity index (χ0) is 33.6. The third-order valence-electron chi connectivity index (χ3n) is 5.43. The summed E-state index contributed by atoms with van der Waals surface area (Å²) in [5.74, 6) is -3.00. The molecule has 1 aromatic heterocycles. The maximum Gasteiger partial charge on any atom is 0.490 e. The number of anilines is 1. The summed E-state index contributed by atoms with van der Waals surface area (Å²) in [5, 5.41) is 17.9. The number of pyridine rings is 1. The van der Waals surface area contributed by atoms with Crippen LogP contribution in [0.5, 0.6) is 11.5 Å². The Labute approximate surface area is 263 Å². The van der Waals surface area contributed by atoms with E-state index in [2.05, 4.69) is 37.1 Å². The second-order valence-corrected chi connectivity index (χ2v) is 9.48. The Bertz CT molecular complexity index is 1480. The van der Waals surface area contributed by atoms with Crippen molar-refractivity contribution in [2.45, 2.75) is 19.1 Å². The third kappa shape index (κ3) is 11.6. The number of aliphatic carboxylic acids is 1. The van der Waals surface area contributed by atoms with Crippen molar-refractivity contribution in [3.05, 3.63) is 82.1 Å². The van der Waals surface area contributed by atoms with Gasteiger partial charge in [-0.2, -0.15) is 13.2 Å². The molecule has 7 N–H and O–H groups in total. The van der Waals surface area contributed by atoms with Crippen molar-refractivity contribution in [2.24, 2.45) is 5.73 Å². The molecule has 0 fully saturated rings. The number of methoxy groups -OCH3 is 1. The number of ether oxygens (including phenoxy) is 3. The summed E-state index contributed by atoms with van der Waals surface area (Å²) in [6, 6.07) is 14.3. The Hall–Kier alpha value is -4.90. The van der Waals surface area contributed by atoms with Gasteiger partial charge in [0.15, 0.2) is 11.5 Å². The first-order chi connectivity index (χ1) is 21.3. The lowest BCUT2D eigenvalue weighted by Crippen LogP contribution is -2.45. The maximum atomic E-state index is 13.3. The highest BCUT2D eigenvalue weighted by molar-refractivity contribution is 9.10. The predicted octanol–water partition coefficient (Wildman–Crippen LogP) is 3.80. The Morgan fingerprint density at radius 2 is 1.71 bits per heavy atom. The fourth-order valence-electron chi connectivity index (χ4n) is 3.34. The molecule has 0 aliphatic rings. The molecule has 0 spiro atoms. The topological polar surface area (TPSA) is 198 Å². The number of amides is 2. The van der Waals surface area contributed by atoms with Gasteiger partial charge in [-0.05, 0) is 76.9 Å². The SMILES string of the molecule is CCOc1cc(C(Nc2ccc(C(=N)N)cc2)C(=O)NNC(=O)c2ncccc2Br)ccc1OCCOC.O=C(O)C(F)(F)F. The highest BCUT2D eigenvalue weighted by Gasteiger charge is 2.38. The van der Waals surface area contributed by atoms with Gasteiger partial charge in [-0.1, -0.05) is 6.07 Å². The number of benzene rings is 2. The molecule has 0 aliphatic heterocycles. The Balaban J connectivity index is 0.000000900. The van der Waals surface area contributed by atoms with E-state index in [9.17, 15) is 22.8 Å². The van der Waals surface area contributed by atoms with E-state index < -0.39 is 30.0 Å². The zero-order valence-electron chi connectivity index (χ0n) is 23.9. The average Bonchev–Trinajstić information content (AvgIpc) is 2.99. The molecular formula is C28H30BrF3N6O7. The Morgan fingerprint density at radius 3 is 2.27 bits per heavy atom. The average molecular weight is 699 g/mol. The van der Waals surface area contributed by atoms with Crippen LogP contribution in [0, 0.1) is 5.41 Å². The number of aromatic nitrogens is 1. The van der Waals surface area contributed by atoms with E-state index in [0.717, 1.165) is 0 Å². The molecule has 13 nitrogen and oxygen atoms in total. The molecule has 3 aromatic rings. The molecule has 242 valence electrons. The first-order valence-electron chi connectivity index (χ1n) is 12.9. The summed E-state index contributed by atoms with van der Waals surface area (Å²) in [6.45, 7) is 2.96. The van der Waals surface area contributed by atoms with Gasteiger partial charge < -0.3 is 30.4 Å². The van der Waals surface area contributed by atoms with Crippen LogP contribution in [-0.2, 0) is 14.3 Å². The summed E-state index contributed by atoms with van der Waals surface area (Å²) in [7, 11) is 1.58. The predicted molar refractivity (Wildman–Crippen MR) is 160 cm³/mol. The summed E-state index contributed by atoms with van der Waals surface area (Å²) < 4.78 is 48.8. The molecule has 45 heavy (non-hydrogen) atoms. The molecule has 2 aromatic carbocycles. The number of nitrogen functional groups attached to an aromatic ring is 1. The van der Waals surface area contributed by atoms with Crippen LogP contribution in [0.2, 0.25) is 0 Å². The number of nitrogens with zero attached hydrogens (tertiary/aromatic N) is 1. The van der Waals surface area contributed by atoms with Crippen LogP contribution in [0.4, 0.5) is 18.9 Å². The minimum atomic E-state index is -5.08. The number of carbonyl (C=O) groups is 3. The van der Waals surface area contributed by atoms with Crippen molar-refractivity contribution in [2.75, 3.05) is 32.2 Å². The first-order valence-corrected chi connectivity index (χ1v) is 13.7. The molecule has 0 saturated heterocycles. The number of halogens is 4. The molecule has 1 atom stereocenters. The smallest absolute Gasteiger partial charge is 0.490 e. The zero-order valence-corrected chi connectivity index (χ0v) is 25.5. The van der Waals surface area contributed by atoms with Crippen LogP contribution >= 0.6 is 15.9 Å². The van der Waals surface area contributed by atoms with Crippen LogP contribution in [0.15, 0.2) is 65.3 Å². The fourth-order valence-corrected chi connectivity index (χ4v) is 3.78. The van der Waals surface area contributed by atoms with E-state index in [-0.39, 0.29) is 11.5 Å². The molecule has 0 saturated carbocycles. The van der Waals surface area contributed by atoms with E-state index in [1.54, 1.807) is 61.7 Å². The van der Waals surface area contributed by atoms with Gasteiger partial charge >= 0.3 is 12.1 Å². The van der Waals surface area contributed by atoms with Gasteiger partial charge in [0.1, 0.15) is 24.2 Å². The van der Waals surface area contributed by atoms with Crippen molar-refractivity contribution in [3.8, 4) is 11.5 Å². The van der Waals surface area contributed by atoms with E-state index in [1.807, 2.05) is 6.92 Å². The number of carboxylic acids is 1. The molecule has 0 radical (unpaired) electrons. The number of rotatable bonds is 12. The van der Waals surface area contributed by atoms with Crippen LogP contribution in [0.25, 0.3) is 0 Å². The normalized spacial score (nSPS) is 11.2. The van der Waals surface area contributed by atoms with Gasteiger partial charge in [-0.3, -0.25) is 25.8 Å². The second-order valence-electron chi connectivity index (χ2n) is 8.63. The number of hydrogen-bond donors (Lipinski definition) is 6. The van der Waals surface area contributed by atoms with E-state index in [4.69, 9.17) is 35.3 Å². The number of nitrogens with two attached hydrogens (primary N) is 1. The minimum Gasteiger partial charge on any atom is -0.490 e. The van der Waals surface area contributed by atoms with Gasteiger partial charge in [0.05, 0.1) is 13.2 Å². The monoisotopic (exact) mass is 698 g/mol. The lowest BCUT2D eigenvalue weighted by Gasteiger charge is -2.22. The fraction of sp³-hybridized carbons (Fsp3) is 0.250. The standard InChI is InChI=1S/C26H29BrN6O5.C2HF3O2/c1-3-37-21-15-17(8-11-20(21)38-14-13-36-2)22(31-18-9-6-16(7-10-18)24(28)29)25(34)32-33-26(35)23-19(27)5-4-12-30-23;3-2(4,5)1(6)7/h4-12,15,22,31H,3,13-14H2,1-2H3,(H3,28,29)(H,32,34)(H,33,35);(H,6,7).